The number of ether oxygens (including phenoxy) is 1. The first-order valence-corrected chi connectivity index (χ1v) is 9.46. The van der Waals surface area contributed by atoms with Gasteiger partial charge < -0.3 is 32.4 Å². The predicted octanol–water partition coefficient (Wildman–Crippen LogP) is 0.963. The summed E-state index contributed by atoms with van der Waals surface area (Å²) in [6.45, 7) is 3.71. The third-order valence-corrected chi connectivity index (χ3v) is 4.26. The Morgan fingerprint density at radius 1 is 1.03 bits per heavy atom. The third-order valence-electron chi connectivity index (χ3n) is 4.26. The van der Waals surface area contributed by atoms with Gasteiger partial charge in [-0.1, -0.05) is 13.3 Å². The van der Waals surface area contributed by atoms with E-state index in [-0.39, 0.29) is 29.8 Å². The molecule has 8 N–H and O–H groups in total. The Labute approximate surface area is 168 Å². The number of nitrogens with one attached hydrogen (secondary N) is 1. The van der Waals surface area contributed by atoms with Crippen molar-refractivity contribution in [2.24, 2.45) is 0 Å². The molecule has 0 aliphatic heterocycles. The maximum absolute atomic E-state index is 9.97. The van der Waals surface area contributed by atoms with E-state index in [0.29, 0.717) is 23.5 Å². The van der Waals surface area contributed by atoms with Crippen molar-refractivity contribution in [1.82, 2.24) is 25.3 Å². The number of unbranched alkanes of at least 4 members (excludes halogenated alkanes) is 1. The second kappa shape index (κ2) is 9.30. The molecule has 0 fully saturated rings. The van der Waals surface area contributed by atoms with Crippen molar-refractivity contribution in [3.05, 3.63) is 24.3 Å². The maximum Gasteiger partial charge on any atom is 0.224 e. The summed E-state index contributed by atoms with van der Waals surface area (Å²) in [4.78, 5) is 16.6. The standard InChI is InChI=1S/C19H26N8O2/c1-2-3-8-23-9-12(28)10-29-13-6-4-11(5-7-13)14-16(20)25-18-15(24-14)17(21)26-19(22)27-18/h4-7,12,23,28H,2-3,8-10H2,1H3,(H6,20,21,22,25,26,27). The van der Waals surface area contributed by atoms with E-state index in [1.54, 1.807) is 12.1 Å². The molecule has 154 valence electrons. The van der Waals surface area contributed by atoms with Crippen LogP contribution in [0, 0.1) is 0 Å². The summed E-state index contributed by atoms with van der Waals surface area (Å²) in [5, 5.41) is 13.2. The first kappa shape index (κ1) is 20.5. The number of benzene rings is 1. The normalized spacial score (nSPS) is 12.2. The van der Waals surface area contributed by atoms with Gasteiger partial charge in [0.15, 0.2) is 22.8 Å². The Hall–Kier alpha value is -3.24. The lowest BCUT2D eigenvalue weighted by Crippen LogP contribution is -2.31. The molecule has 10 nitrogen and oxygen atoms in total. The second-order valence-corrected chi connectivity index (χ2v) is 6.64. The van der Waals surface area contributed by atoms with Crippen LogP contribution in [0.2, 0.25) is 0 Å². The van der Waals surface area contributed by atoms with Gasteiger partial charge in [0.05, 0.1) is 0 Å². The topological polar surface area (TPSA) is 171 Å². The highest BCUT2D eigenvalue weighted by Gasteiger charge is 2.13. The molecule has 0 bridgehead atoms. The van der Waals surface area contributed by atoms with Gasteiger partial charge in [-0.15, -0.1) is 0 Å². The highest BCUT2D eigenvalue weighted by atomic mass is 16.5. The number of rotatable bonds is 9. The van der Waals surface area contributed by atoms with Crippen LogP contribution in [0.25, 0.3) is 22.4 Å². The lowest BCUT2D eigenvalue weighted by atomic mass is 10.1. The number of aliphatic hydroxyl groups is 1. The quantitative estimate of drug-likeness (QED) is 0.327. The van der Waals surface area contributed by atoms with Crippen LogP contribution in [0.1, 0.15) is 19.8 Å². The first-order chi connectivity index (χ1) is 14.0. The fourth-order valence-corrected chi connectivity index (χ4v) is 2.74. The molecule has 0 saturated carbocycles. The Morgan fingerprint density at radius 2 is 1.79 bits per heavy atom. The summed E-state index contributed by atoms with van der Waals surface area (Å²) < 4.78 is 5.64. The summed E-state index contributed by atoms with van der Waals surface area (Å²) in [5.41, 5.74) is 19.3. The number of nitrogens with two attached hydrogens (primary N) is 3. The van der Waals surface area contributed by atoms with Gasteiger partial charge in [-0.25, -0.2) is 9.97 Å². The molecule has 0 aliphatic rings. The molecule has 29 heavy (non-hydrogen) atoms. The van der Waals surface area contributed by atoms with Crippen molar-refractivity contribution < 1.29 is 9.84 Å². The largest absolute Gasteiger partial charge is 0.491 e. The van der Waals surface area contributed by atoms with Crippen LogP contribution in [-0.2, 0) is 0 Å². The van der Waals surface area contributed by atoms with E-state index in [9.17, 15) is 5.11 Å². The van der Waals surface area contributed by atoms with E-state index < -0.39 is 6.10 Å². The average Bonchev–Trinajstić information content (AvgIpc) is 2.69. The van der Waals surface area contributed by atoms with Crippen LogP contribution in [-0.4, -0.2) is 50.8 Å². The highest BCUT2D eigenvalue weighted by molar-refractivity contribution is 5.87. The number of anilines is 3. The molecule has 0 saturated heterocycles. The Bertz CT molecular complexity index is 965. The SMILES string of the molecule is CCCCNCC(O)COc1ccc(-c2nc3c(N)nc(N)nc3nc2N)cc1. The Kier molecular flexibility index (Phi) is 6.57. The fraction of sp³-hybridized carbons (Fsp3) is 0.368. The molecule has 2 aromatic heterocycles. The van der Waals surface area contributed by atoms with Crippen LogP contribution in [0.5, 0.6) is 5.75 Å². The van der Waals surface area contributed by atoms with Crippen molar-refractivity contribution in [3.63, 3.8) is 0 Å². The van der Waals surface area contributed by atoms with Gasteiger partial charge in [-0.2, -0.15) is 9.97 Å². The van der Waals surface area contributed by atoms with E-state index in [1.807, 2.05) is 12.1 Å². The molecule has 0 radical (unpaired) electrons. The lowest BCUT2D eigenvalue weighted by Gasteiger charge is -2.13. The van der Waals surface area contributed by atoms with E-state index >= 15 is 0 Å². The zero-order chi connectivity index (χ0) is 20.8. The number of fused-ring (bicyclic) bond motifs is 1. The van der Waals surface area contributed by atoms with Crippen molar-refractivity contribution >= 4 is 28.7 Å². The van der Waals surface area contributed by atoms with Gasteiger partial charge in [0.1, 0.15) is 24.2 Å². The Morgan fingerprint density at radius 3 is 2.52 bits per heavy atom. The van der Waals surface area contributed by atoms with Crippen LogP contribution in [0.4, 0.5) is 17.6 Å². The van der Waals surface area contributed by atoms with Gasteiger partial charge >= 0.3 is 0 Å². The van der Waals surface area contributed by atoms with Gasteiger partial charge in [0.25, 0.3) is 0 Å². The summed E-state index contributed by atoms with van der Waals surface area (Å²) in [7, 11) is 0. The number of aliphatic hydroxyl groups excluding tert-OH is 1. The number of nitrogens with zero attached hydrogens (tertiary/aromatic N) is 4. The van der Waals surface area contributed by atoms with Gasteiger partial charge in [-0.05, 0) is 37.2 Å². The van der Waals surface area contributed by atoms with Gasteiger partial charge in [0.2, 0.25) is 5.95 Å². The number of hydrogen-bond acceptors (Lipinski definition) is 10. The van der Waals surface area contributed by atoms with E-state index in [4.69, 9.17) is 21.9 Å². The zero-order valence-electron chi connectivity index (χ0n) is 16.3. The van der Waals surface area contributed by atoms with Crippen LogP contribution in [0.3, 0.4) is 0 Å². The minimum Gasteiger partial charge on any atom is -0.491 e. The van der Waals surface area contributed by atoms with Gasteiger partial charge in [0, 0.05) is 12.1 Å². The van der Waals surface area contributed by atoms with Crippen molar-refractivity contribution in [1.29, 1.82) is 0 Å². The molecule has 1 unspecified atom stereocenters. The molecule has 0 aliphatic carbocycles. The summed E-state index contributed by atoms with van der Waals surface area (Å²) >= 11 is 0. The van der Waals surface area contributed by atoms with Crippen LogP contribution in [0.15, 0.2) is 24.3 Å². The molecule has 3 aromatic rings. The second-order valence-electron chi connectivity index (χ2n) is 6.64. The van der Waals surface area contributed by atoms with Crippen molar-refractivity contribution in [2.45, 2.75) is 25.9 Å². The summed E-state index contributed by atoms with van der Waals surface area (Å²) in [6, 6.07) is 7.17. The van der Waals surface area contributed by atoms with Crippen molar-refractivity contribution in [3.8, 4) is 17.0 Å². The minimum absolute atomic E-state index is 0.0145. The number of aromatic nitrogens is 4. The maximum atomic E-state index is 9.97. The number of hydrogen-bond donors (Lipinski definition) is 5. The molecule has 1 atom stereocenters. The lowest BCUT2D eigenvalue weighted by molar-refractivity contribution is 0.106. The zero-order valence-corrected chi connectivity index (χ0v) is 16.3. The van der Waals surface area contributed by atoms with E-state index in [2.05, 4.69) is 32.2 Å². The average molecular weight is 398 g/mol. The molecule has 0 amide bonds. The van der Waals surface area contributed by atoms with E-state index in [0.717, 1.165) is 24.9 Å². The van der Waals surface area contributed by atoms with Crippen molar-refractivity contribution in [2.75, 3.05) is 36.9 Å². The monoisotopic (exact) mass is 398 g/mol. The van der Waals surface area contributed by atoms with Crippen LogP contribution >= 0.6 is 0 Å². The van der Waals surface area contributed by atoms with Gasteiger partial charge in [-0.3, -0.25) is 0 Å². The van der Waals surface area contributed by atoms with Crippen LogP contribution < -0.4 is 27.3 Å². The minimum atomic E-state index is -0.580. The fourth-order valence-electron chi connectivity index (χ4n) is 2.74. The number of nitrogen functional groups attached to an aromatic ring is 3. The molecule has 1 aromatic carbocycles. The molecule has 10 heteroatoms. The third kappa shape index (κ3) is 5.18. The smallest absolute Gasteiger partial charge is 0.224 e. The highest BCUT2D eigenvalue weighted by Crippen LogP contribution is 2.27. The molecular formula is C19H26N8O2. The molecular weight excluding hydrogens is 372 g/mol. The molecule has 2 heterocycles. The Balaban J connectivity index is 1.68. The first-order valence-electron chi connectivity index (χ1n) is 9.46. The summed E-state index contributed by atoms with van der Waals surface area (Å²) in [5.74, 6) is 0.991. The van der Waals surface area contributed by atoms with E-state index in [1.165, 1.54) is 0 Å². The molecule has 3 rings (SSSR count). The summed E-state index contributed by atoms with van der Waals surface area (Å²) in [6.07, 6.45) is 1.62. The molecule has 0 spiro atoms. The predicted molar refractivity (Wildman–Crippen MR) is 113 cm³/mol.